The maximum absolute atomic E-state index is 4.35. The first-order valence-corrected chi connectivity index (χ1v) is 11.1. The minimum absolute atomic E-state index is 0.248. The second-order valence-electron chi connectivity index (χ2n) is 9.19. The van der Waals surface area contributed by atoms with Gasteiger partial charge in [0.1, 0.15) is 0 Å². The summed E-state index contributed by atoms with van der Waals surface area (Å²) < 4.78 is 0. The first-order valence-electron chi connectivity index (χ1n) is 11.1. The van der Waals surface area contributed by atoms with Crippen LogP contribution >= 0.6 is 0 Å². The number of hydrogen-bond donors (Lipinski definition) is 1. The van der Waals surface area contributed by atoms with Crippen LogP contribution < -0.4 is 5.32 Å². The van der Waals surface area contributed by atoms with Crippen molar-refractivity contribution in [2.24, 2.45) is 0 Å². The fraction of sp³-hybridized carbons (Fsp3) is 0.750. The van der Waals surface area contributed by atoms with Crippen LogP contribution in [0.1, 0.15) is 112 Å². The van der Waals surface area contributed by atoms with Crippen molar-refractivity contribution in [3.05, 3.63) is 34.4 Å². The molecule has 0 spiro atoms. The van der Waals surface area contributed by atoms with Gasteiger partial charge in [-0.3, -0.25) is 0 Å². The van der Waals surface area contributed by atoms with Crippen LogP contribution in [0.25, 0.3) is 0 Å². The zero-order valence-electron chi connectivity index (χ0n) is 16.5. The Labute approximate surface area is 155 Å². The van der Waals surface area contributed by atoms with Crippen molar-refractivity contribution in [2.75, 3.05) is 0 Å². The molecule has 0 aliphatic heterocycles. The topological polar surface area (TPSA) is 12.0 Å². The molecule has 4 aliphatic carbocycles. The van der Waals surface area contributed by atoms with Crippen molar-refractivity contribution in [1.29, 1.82) is 0 Å². The fourth-order valence-corrected chi connectivity index (χ4v) is 6.18. The molecule has 1 aromatic carbocycles. The monoisotopic (exact) mass is 339 g/mol. The minimum atomic E-state index is 0.248. The molecule has 1 nitrogen and oxygen atoms in total. The predicted octanol–water partition coefficient (Wildman–Crippen LogP) is 6.65. The highest BCUT2D eigenvalue weighted by molar-refractivity contribution is 5.51. The van der Waals surface area contributed by atoms with Gasteiger partial charge in [0.15, 0.2) is 0 Å². The summed E-state index contributed by atoms with van der Waals surface area (Å²) in [6.07, 6.45) is 18.4. The summed E-state index contributed by atoms with van der Waals surface area (Å²) in [6, 6.07) is 5.80. The van der Waals surface area contributed by atoms with Gasteiger partial charge >= 0.3 is 0 Å². The van der Waals surface area contributed by atoms with Crippen LogP contribution in [0, 0.1) is 13.8 Å². The molecule has 4 aliphatic rings. The zero-order valence-corrected chi connectivity index (χ0v) is 16.5. The summed E-state index contributed by atoms with van der Waals surface area (Å²) in [5, 5.41) is 4.35. The predicted molar refractivity (Wildman–Crippen MR) is 107 cm³/mol. The van der Waals surface area contributed by atoms with Crippen LogP contribution in [0.4, 0.5) is 0 Å². The summed E-state index contributed by atoms with van der Waals surface area (Å²) in [4.78, 5) is 0. The van der Waals surface area contributed by atoms with E-state index in [9.17, 15) is 0 Å². The lowest BCUT2D eigenvalue weighted by Crippen LogP contribution is -2.54. The van der Waals surface area contributed by atoms with E-state index in [1.54, 1.807) is 16.7 Å². The maximum Gasteiger partial charge on any atom is 0.0508 e. The van der Waals surface area contributed by atoms with Crippen LogP contribution in [0.2, 0.25) is 0 Å². The van der Waals surface area contributed by atoms with Gasteiger partial charge in [-0.25, -0.2) is 0 Å². The van der Waals surface area contributed by atoms with E-state index in [4.69, 9.17) is 0 Å². The Morgan fingerprint density at radius 1 is 0.760 bits per heavy atom. The molecule has 2 saturated carbocycles. The second kappa shape index (κ2) is 7.43. The van der Waals surface area contributed by atoms with Gasteiger partial charge in [-0.05, 0) is 61.8 Å². The average Bonchev–Trinajstić information content (AvgIpc) is 2.54. The van der Waals surface area contributed by atoms with Crippen molar-refractivity contribution in [3.63, 3.8) is 0 Å². The van der Waals surface area contributed by atoms with Gasteiger partial charge in [0, 0.05) is 12.0 Å². The molecular weight excluding hydrogens is 302 g/mol. The Balaban J connectivity index is 1.69. The van der Waals surface area contributed by atoms with Gasteiger partial charge in [0.2, 0.25) is 0 Å². The van der Waals surface area contributed by atoms with Gasteiger partial charge < -0.3 is 5.32 Å². The minimum Gasteiger partial charge on any atom is -0.304 e. The highest BCUT2D eigenvalue weighted by Gasteiger charge is 2.46. The Kier molecular flexibility index (Phi) is 5.23. The van der Waals surface area contributed by atoms with Gasteiger partial charge in [-0.1, -0.05) is 69.9 Å². The fourth-order valence-electron chi connectivity index (χ4n) is 6.18. The third-order valence-electron chi connectivity index (χ3n) is 7.44. The number of nitrogens with one attached hydrogen (secondary N) is 1. The molecule has 0 saturated heterocycles. The summed E-state index contributed by atoms with van der Waals surface area (Å²) in [6.45, 7) is 4.70. The highest BCUT2D eigenvalue weighted by atomic mass is 15.0. The normalized spacial score (nSPS) is 30.9. The van der Waals surface area contributed by atoms with E-state index in [1.165, 1.54) is 89.0 Å². The largest absolute Gasteiger partial charge is 0.304 e. The van der Waals surface area contributed by atoms with Crippen molar-refractivity contribution in [1.82, 2.24) is 5.32 Å². The molecule has 138 valence electrons. The lowest BCUT2D eigenvalue weighted by atomic mass is 9.61. The van der Waals surface area contributed by atoms with Crippen molar-refractivity contribution >= 4 is 0 Å². The molecular formula is C24H37N. The number of benzene rings is 1. The highest BCUT2D eigenvalue weighted by Crippen LogP contribution is 2.52. The molecule has 1 aromatic rings. The smallest absolute Gasteiger partial charge is 0.0508 e. The van der Waals surface area contributed by atoms with Crippen molar-refractivity contribution < 1.29 is 0 Å². The molecule has 0 amide bonds. The standard InChI is InChI=1S/C24H37N/c1-18-17-23-19(2)16-21(18)22-14-10-6-7-11-15-24(22,23)25-20-12-8-4-3-5-9-13-20/h16-17,20,22,25H,3-15H2,1-2H3. The molecule has 2 fully saturated rings. The first-order chi connectivity index (χ1) is 12.2. The summed E-state index contributed by atoms with van der Waals surface area (Å²) in [5.41, 5.74) is 6.64. The van der Waals surface area contributed by atoms with E-state index in [1.807, 2.05) is 0 Å². The lowest BCUT2D eigenvalue weighted by molar-refractivity contribution is 0.171. The first kappa shape index (κ1) is 17.6. The van der Waals surface area contributed by atoms with E-state index in [2.05, 4.69) is 31.3 Å². The van der Waals surface area contributed by atoms with Crippen LogP contribution in [-0.4, -0.2) is 6.04 Å². The Morgan fingerprint density at radius 3 is 2.16 bits per heavy atom. The summed E-state index contributed by atoms with van der Waals surface area (Å²) in [5.74, 6) is 0.724. The number of hydrogen-bond acceptors (Lipinski definition) is 1. The molecule has 5 rings (SSSR count). The van der Waals surface area contributed by atoms with Gasteiger partial charge in [-0.2, -0.15) is 0 Å². The van der Waals surface area contributed by atoms with Gasteiger partial charge in [0.25, 0.3) is 0 Å². The third kappa shape index (κ3) is 3.29. The van der Waals surface area contributed by atoms with E-state index in [-0.39, 0.29) is 5.54 Å². The molecule has 0 heterocycles. The number of rotatable bonds is 2. The summed E-state index contributed by atoms with van der Waals surface area (Å²) in [7, 11) is 0. The second-order valence-corrected chi connectivity index (χ2v) is 9.19. The zero-order chi connectivity index (χ0) is 17.3. The molecule has 2 unspecified atom stereocenters. The molecule has 1 heteroatoms. The lowest BCUT2D eigenvalue weighted by Gasteiger charge is -2.51. The van der Waals surface area contributed by atoms with E-state index < -0.39 is 0 Å². The van der Waals surface area contributed by atoms with Crippen LogP contribution in [0.15, 0.2) is 12.1 Å². The molecule has 1 N–H and O–H groups in total. The van der Waals surface area contributed by atoms with Crippen LogP contribution in [0.5, 0.6) is 0 Å². The van der Waals surface area contributed by atoms with E-state index in [0.29, 0.717) is 0 Å². The van der Waals surface area contributed by atoms with Gasteiger partial charge in [-0.15, -0.1) is 0 Å². The molecule has 2 atom stereocenters. The van der Waals surface area contributed by atoms with Gasteiger partial charge in [0.05, 0.1) is 5.54 Å². The average molecular weight is 340 g/mol. The maximum atomic E-state index is 4.35. The molecule has 2 bridgehead atoms. The SMILES string of the molecule is Cc1cc2c(C)cc1C1CCCCCCC21NC1CCCCCCC1. The van der Waals surface area contributed by atoms with Crippen molar-refractivity contribution in [2.45, 2.75) is 115 Å². The van der Waals surface area contributed by atoms with Crippen molar-refractivity contribution in [3.8, 4) is 0 Å². The number of aryl methyl sites for hydroxylation is 2. The van der Waals surface area contributed by atoms with Crippen LogP contribution in [-0.2, 0) is 5.54 Å². The number of fused-ring (bicyclic) bond motifs is 2. The van der Waals surface area contributed by atoms with E-state index in [0.717, 1.165) is 12.0 Å². The Bertz CT molecular complexity index is 596. The quantitative estimate of drug-likeness (QED) is 0.636. The van der Waals surface area contributed by atoms with E-state index >= 15 is 0 Å². The molecule has 0 radical (unpaired) electrons. The Hall–Kier alpha value is -0.820. The van der Waals surface area contributed by atoms with Crippen LogP contribution in [0.3, 0.4) is 0 Å². The molecule has 25 heavy (non-hydrogen) atoms. The molecule has 0 aromatic heterocycles. The Morgan fingerprint density at radius 2 is 1.40 bits per heavy atom. The third-order valence-corrected chi connectivity index (χ3v) is 7.44. The summed E-state index contributed by atoms with van der Waals surface area (Å²) >= 11 is 0.